The highest BCUT2D eigenvalue weighted by atomic mass is 16.7. The molecule has 0 bridgehead atoms. The van der Waals surface area contributed by atoms with Gasteiger partial charge in [-0.1, -0.05) is 31.5 Å². The van der Waals surface area contributed by atoms with E-state index in [2.05, 4.69) is 0 Å². The van der Waals surface area contributed by atoms with Crippen molar-refractivity contribution < 1.29 is 14.2 Å². The average molecular weight is 258 g/mol. The molecule has 0 amide bonds. The normalized spacial score (nSPS) is 11.5. The summed E-state index contributed by atoms with van der Waals surface area (Å²) in [5.74, 6) is 3.06. The van der Waals surface area contributed by atoms with Crippen molar-refractivity contribution in [3.8, 4) is 23.0 Å². The average Bonchev–Trinajstić information content (AvgIpc) is 2.91. The standard InChI is InChI=1S/C14H12O3.C2H6/c1-10-2-4-11(5-3-10)17-12-6-7-13-14(8-12)16-9-15-13;1-2/h2-8H,9H2,1H3;1-2H3. The summed E-state index contributed by atoms with van der Waals surface area (Å²) >= 11 is 0. The van der Waals surface area contributed by atoms with E-state index in [1.807, 2.05) is 63.2 Å². The molecule has 0 N–H and O–H groups in total. The van der Waals surface area contributed by atoms with Crippen LogP contribution < -0.4 is 14.2 Å². The summed E-state index contributed by atoms with van der Waals surface area (Å²) in [6.07, 6.45) is 0. The van der Waals surface area contributed by atoms with Gasteiger partial charge in [-0.05, 0) is 31.2 Å². The fraction of sp³-hybridized carbons (Fsp3) is 0.250. The van der Waals surface area contributed by atoms with Crippen LogP contribution in [0.2, 0.25) is 0 Å². The van der Waals surface area contributed by atoms with Crippen molar-refractivity contribution in [3.05, 3.63) is 48.0 Å². The van der Waals surface area contributed by atoms with E-state index in [0.29, 0.717) is 0 Å². The lowest BCUT2D eigenvalue weighted by atomic mass is 10.2. The molecular formula is C16H18O3. The topological polar surface area (TPSA) is 27.7 Å². The van der Waals surface area contributed by atoms with Gasteiger partial charge < -0.3 is 14.2 Å². The van der Waals surface area contributed by atoms with E-state index < -0.39 is 0 Å². The van der Waals surface area contributed by atoms with Crippen LogP contribution >= 0.6 is 0 Å². The molecule has 1 aliphatic rings. The van der Waals surface area contributed by atoms with Gasteiger partial charge in [-0.2, -0.15) is 0 Å². The Morgan fingerprint density at radius 1 is 0.842 bits per heavy atom. The van der Waals surface area contributed by atoms with Crippen LogP contribution in [0.1, 0.15) is 19.4 Å². The highest BCUT2D eigenvalue weighted by molar-refractivity contribution is 5.48. The van der Waals surface area contributed by atoms with Crippen LogP contribution in [-0.2, 0) is 0 Å². The second-order valence-corrected chi connectivity index (χ2v) is 3.93. The first-order valence-electron chi connectivity index (χ1n) is 6.45. The summed E-state index contributed by atoms with van der Waals surface area (Å²) < 4.78 is 16.3. The molecular weight excluding hydrogens is 240 g/mol. The molecule has 0 radical (unpaired) electrons. The van der Waals surface area contributed by atoms with Gasteiger partial charge in [0.25, 0.3) is 0 Å². The van der Waals surface area contributed by atoms with E-state index in [1.54, 1.807) is 0 Å². The quantitative estimate of drug-likeness (QED) is 0.791. The van der Waals surface area contributed by atoms with Gasteiger partial charge in [-0.15, -0.1) is 0 Å². The van der Waals surface area contributed by atoms with Gasteiger partial charge in [0.1, 0.15) is 11.5 Å². The molecule has 0 fully saturated rings. The number of aryl methyl sites for hydroxylation is 1. The van der Waals surface area contributed by atoms with Crippen molar-refractivity contribution in [1.82, 2.24) is 0 Å². The second-order valence-electron chi connectivity index (χ2n) is 3.93. The lowest BCUT2D eigenvalue weighted by molar-refractivity contribution is 0.174. The Morgan fingerprint density at radius 3 is 2.21 bits per heavy atom. The second kappa shape index (κ2) is 6.14. The molecule has 0 spiro atoms. The third-order valence-electron chi connectivity index (χ3n) is 2.60. The van der Waals surface area contributed by atoms with Gasteiger partial charge in [0.2, 0.25) is 6.79 Å². The van der Waals surface area contributed by atoms with Gasteiger partial charge in [0, 0.05) is 6.07 Å². The fourth-order valence-corrected chi connectivity index (χ4v) is 1.68. The van der Waals surface area contributed by atoms with Crippen LogP contribution in [0.4, 0.5) is 0 Å². The zero-order valence-corrected chi connectivity index (χ0v) is 11.5. The zero-order valence-electron chi connectivity index (χ0n) is 11.5. The third kappa shape index (κ3) is 3.19. The van der Waals surface area contributed by atoms with E-state index in [0.717, 1.165) is 23.0 Å². The maximum absolute atomic E-state index is 5.72. The van der Waals surface area contributed by atoms with Gasteiger partial charge in [0.15, 0.2) is 11.5 Å². The van der Waals surface area contributed by atoms with Crippen molar-refractivity contribution >= 4 is 0 Å². The van der Waals surface area contributed by atoms with E-state index in [4.69, 9.17) is 14.2 Å². The molecule has 2 aromatic rings. The number of hydrogen-bond donors (Lipinski definition) is 0. The van der Waals surface area contributed by atoms with Crippen LogP contribution in [-0.4, -0.2) is 6.79 Å². The molecule has 0 saturated carbocycles. The Bertz CT molecular complexity index is 532. The minimum atomic E-state index is 0.281. The molecule has 0 aliphatic carbocycles. The van der Waals surface area contributed by atoms with Gasteiger partial charge in [-0.25, -0.2) is 0 Å². The Labute approximate surface area is 113 Å². The summed E-state index contributed by atoms with van der Waals surface area (Å²) in [6, 6.07) is 13.5. The molecule has 2 aromatic carbocycles. The number of rotatable bonds is 2. The Morgan fingerprint density at radius 2 is 1.47 bits per heavy atom. The zero-order chi connectivity index (χ0) is 13.7. The van der Waals surface area contributed by atoms with Gasteiger partial charge >= 0.3 is 0 Å². The molecule has 0 saturated heterocycles. The highest BCUT2D eigenvalue weighted by Gasteiger charge is 2.13. The lowest BCUT2D eigenvalue weighted by Crippen LogP contribution is -1.92. The van der Waals surface area contributed by atoms with Gasteiger partial charge in [-0.3, -0.25) is 0 Å². The van der Waals surface area contributed by atoms with E-state index in [-0.39, 0.29) is 6.79 Å². The monoisotopic (exact) mass is 258 g/mol. The van der Waals surface area contributed by atoms with Crippen molar-refractivity contribution in [2.45, 2.75) is 20.8 Å². The van der Waals surface area contributed by atoms with E-state index in [1.165, 1.54) is 5.56 Å². The first kappa shape index (κ1) is 13.3. The summed E-state index contributed by atoms with van der Waals surface area (Å²) in [5.41, 5.74) is 1.21. The predicted octanol–water partition coefficient (Wildman–Crippen LogP) is 4.54. The van der Waals surface area contributed by atoms with Crippen molar-refractivity contribution in [1.29, 1.82) is 0 Å². The van der Waals surface area contributed by atoms with Crippen molar-refractivity contribution in [3.63, 3.8) is 0 Å². The molecule has 3 rings (SSSR count). The highest BCUT2D eigenvalue weighted by Crippen LogP contribution is 2.36. The van der Waals surface area contributed by atoms with Crippen LogP contribution in [0.15, 0.2) is 42.5 Å². The molecule has 0 atom stereocenters. The smallest absolute Gasteiger partial charge is 0.231 e. The fourth-order valence-electron chi connectivity index (χ4n) is 1.68. The lowest BCUT2D eigenvalue weighted by Gasteiger charge is -2.06. The van der Waals surface area contributed by atoms with Crippen molar-refractivity contribution in [2.75, 3.05) is 6.79 Å². The summed E-state index contributed by atoms with van der Waals surface area (Å²) in [4.78, 5) is 0. The molecule has 100 valence electrons. The SMILES string of the molecule is CC.Cc1ccc(Oc2ccc3c(c2)OCO3)cc1. The molecule has 3 heteroatoms. The predicted molar refractivity (Wildman–Crippen MR) is 75.2 cm³/mol. The number of benzene rings is 2. The van der Waals surface area contributed by atoms with Gasteiger partial charge in [0.05, 0.1) is 0 Å². The Balaban J connectivity index is 0.000000637. The van der Waals surface area contributed by atoms with Crippen LogP contribution in [0.3, 0.4) is 0 Å². The number of fused-ring (bicyclic) bond motifs is 1. The molecule has 0 unspecified atom stereocenters. The maximum Gasteiger partial charge on any atom is 0.231 e. The summed E-state index contributed by atoms with van der Waals surface area (Å²) in [5, 5.41) is 0. The minimum absolute atomic E-state index is 0.281. The summed E-state index contributed by atoms with van der Waals surface area (Å²) in [6.45, 7) is 6.33. The summed E-state index contributed by atoms with van der Waals surface area (Å²) in [7, 11) is 0. The molecule has 0 aromatic heterocycles. The minimum Gasteiger partial charge on any atom is -0.457 e. The molecule has 3 nitrogen and oxygen atoms in total. The Hall–Kier alpha value is -2.16. The van der Waals surface area contributed by atoms with E-state index in [9.17, 15) is 0 Å². The first-order valence-corrected chi connectivity index (χ1v) is 6.45. The van der Waals surface area contributed by atoms with Crippen LogP contribution in [0.25, 0.3) is 0 Å². The number of hydrogen-bond acceptors (Lipinski definition) is 3. The molecule has 19 heavy (non-hydrogen) atoms. The molecule has 1 heterocycles. The van der Waals surface area contributed by atoms with E-state index >= 15 is 0 Å². The Kier molecular flexibility index (Phi) is 4.29. The molecule has 1 aliphatic heterocycles. The largest absolute Gasteiger partial charge is 0.457 e. The first-order chi connectivity index (χ1) is 9.31. The van der Waals surface area contributed by atoms with Crippen LogP contribution in [0.5, 0.6) is 23.0 Å². The maximum atomic E-state index is 5.72. The van der Waals surface area contributed by atoms with Crippen LogP contribution in [0, 0.1) is 6.92 Å². The number of ether oxygens (including phenoxy) is 3. The third-order valence-corrected chi connectivity index (χ3v) is 2.60. The van der Waals surface area contributed by atoms with Crippen molar-refractivity contribution in [2.24, 2.45) is 0 Å².